The van der Waals surface area contributed by atoms with Gasteiger partial charge in [0.2, 0.25) is 0 Å². The lowest BCUT2D eigenvalue weighted by Gasteiger charge is -2.34. The van der Waals surface area contributed by atoms with Crippen molar-refractivity contribution in [2.75, 3.05) is 7.05 Å². The molecule has 0 radical (unpaired) electrons. The number of hydrogen-bond acceptors (Lipinski definition) is 1. The Balaban J connectivity index is 1.50. The molecule has 0 heterocycles. The third-order valence-electron chi connectivity index (χ3n) is 6.23. The molecule has 0 saturated heterocycles. The predicted octanol–water partition coefficient (Wildman–Crippen LogP) is 3.79. The zero-order chi connectivity index (χ0) is 14.1. The second-order valence-corrected chi connectivity index (χ2v) is 7.48. The summed E-state index contributed by atoms with van der Waals surface area (Å²) in [5.41, 5.74) is 0. The molecule has 0 aromatic rings. The maximum atomic E-state index is 12.4. The Hall–Kier alpha value is -0.730. The molecule has 3 heteroatoms. The van der Waals surface area contributed by atoms with Gasteiger partial charge in [-0.2, -0.15) is 0 Å². The van der Waals surface area contributed by atoms with Crippen molar-refractivity contribution in [1.29, 1.82) is 0 Å². The Morgan fingerprint density at radius 3 is 2.45 bits per heavy atom. The summed E-state index contributed by atoms with van der Waals surface area (Å²) in [6.45, 7) is 2.22. The normalized spacial score (nSPS) is 35.0. The fourth-order valence-electron chi connectivity index (χ4n) is 4.94. The monoisotopic (exact) mass is 278 g/mol. The SMILES string of the molecule is CC(NC(=O)N(C)C1CCCCC1)C1CC2CCC1C2. The van der Waals surface area contributed by atoms with E-state index in [2.05, 4.69) is 12.2 Å². The summed E-state index contributed by atoms with van der Waals surface area (Å²) >= 11 is 0. The molecule has 3 aliphatic rings. The predicted molar refractivity (Wildman–Crippen MR) is 81.6 cm³/mol. The van der Waals surface area contributed by atoms with Crippen molar-refractivity contribution in [1.82, 2.24) is 10.2 Å². The Bertz CT molecular complexity index is 351. The van der Waals surface area contributed by atoms with Crippen molar-refractivity contribution in [3.8, 4) is 0 Å². The van der Waals surface area contributed by atoms with Crippen molar-refractivity contribution >= 4 is 6.03 Å². The minimum atomic E-state index is 0.159. The highest BCUT2D eigenvalue weighted by molar-refractivity contribution is 5.74. The van der Waals surface area contributed by atoms with E-state index in [0.717, 1.165) is 17.8 Å². The summed E-state index contributed by atoms with van der Waals surface area (Å²) in [5.74, 6) is 2.58. The van der Waals surface area contributed by atoms with Gasteiger partial charge in [0, 0.05) is 19.1 Å². The number of carbonyl (C=O) groups is 1. The summed E-state index contributed by atoms with van der Waals surface area (Å²) in [6.07, 6.45) is 11.9. The Labute approximate surface area is 123 Å². The number of nitrogens with zero attached hydrogens (tertiary/aromatic N) is 1. The third-order valence-corrected chi connectivity index (χ3v) is 6.23. The quantitative estimate of drug-likeness (QED) is 0.837. The van der Waals surface area contributed by atoms with Crippen LogP contribution in [0.1, 0.15) is 64.7 Å². The van der Waals surface area contributed by atoms with Crippen molar-refractivity contribution < 1.29 is 4.79 Å². The van der Waals surface area contributed by atoms with Crippen LogP contribution in [0.2, 0.25) is 0 Å². The molecule has 0 aromatic heterocycles. The van der Waals surface area contributed by atoms with E-state index in [-0.39, 0.29) is 6.03 Å². The van der Waals surface area contributed by atoms with Crippen LogP contribution in [-0.2, 0) is 0 Å². The molecule has 3 saturated carbocycles. The second kappa shape index (κ2) is 5.95. The van der Waals surface area contributed by atoms with E-state index in [4.69, 9.17) is 0 Å². The van der Waals surface area contributed by atoms with Crippen LogP contribution in [0.3, 0.4) is 0 Å². The maximum Gasteiger partial charge on any atom is 0.317 e. The number of hydrogen-bond donors (Lipinski definition) is 1. The molecular formula is C17H30N2O. The van der Waals surface area contributed by atoms with Gasteiger partial charge in [0.15, 0.2) is 0 Å². The van der Waals surface area contributed by atoms with Crippen LogP contribution in [0.15, 0.2) is 0 Å². The lowest BCUT2D eigenvalue weighted by Crippen LogP contribution is -2.49. The fourth-order valence-corrected chi connectivity index (χ4v) is 4.94. The lowest BCUT2D eigenvalue weighted by molar-refractivity contribution is 0.162. The average molecular weight is 278 g/mol. The van der Waals surface area contributed by atoms with Gasteiger partial charge in [-0.3, -0.25) is 0 Å². The smallest absolute Gasteiger partial charge is 0.317 e. The molecule has 20 heavy (non-hydrogen) atoms. The van der Waals surface area contributed by atoms with Crippen LogP contribution in [-0.4, -0.2) is 30.1 Å². The Morgan fingerprint density at radius 2 is 1.85 bits per heavy atom. The number of urea groups is 1. The van der Waals surface area contributed by atoms with Gasteiger partial charge in [0.25, 0.3) is 0 Å². The molecule has 2 bridgehead atoms. The van der Waals surface area contributed by atoms with E-state index in [0.29, 0.717) is 12.1 Å². The molecule has 0 aromatic carbocycles. The molecular weight excluding hydrogens is 248 g/mol. The van der Waals surface area contributed by atoms with Gasteiger partial charge in [0.05, 0.1) is 0 Å². The van der Waals surface area contributed by atoms with Crippen molar-refractivity contribution in [2.45, 2.75) is 76.8 Å². The van der Waals surface area contributed by atoms with E-state index < -0.39 is 0 Å². The Morgan fingerprint density at radius 1 is 1.10 bits per heavy atom. The number of nitrogens with one attached hydrogen (secondary N) is 1. The van der Waals surface area contributed by atoms with Gasteiger partial charge in [-0.05, 0) is 56.8 Å². The van der Waals surface area contributed by atoms with Crippen LogP contribution in [0.5, 0.6) is 0 Å². The minimum Gasteiger partial charge on any atom is -0.335 e. The van der Waals surface area contributed by atoms with Crippen LogP contribution in [0, 0.1) is 17.8 Å². The number of amides is 2. The van der Waals surface area contributed by atoms with Gasteiger partial charge in [-0.1, -0.05) is 25.7 Å². The van der Waals surface area contributed by atoms with Gasteiger partial charge < -0.3 is 10.2 Å². The zero-order valence-electron chi connectivity index (χ0n) is 13.1. The molecule has 3 fully saturated rings. The summed E-state index contributed by atoms with van der Waals surface area (Å²) in [4.78, 5) is 14.4. The van der Waals surface area contributed by atoms with Crippen LogP contribution >= 0.6 is 0 Å². The van der Waals surface area contributed by atoms with Crippen LogP contribution in [0.4, 0.5) is 4.79 Å². The van der Waals surface area contributed by atoms with E-state index in [9.17, 15) is 4.79 Å². The van der Waals surface area contributed by atoms with Crippen molar-refractivity contribution in [3.63, 3.8) is 0 Å². The van der Waals surface area contributed by atoms with E-state index in [1.54, 1.807) is 0 Å². The highest BCUT2D eigenvalue weighted by Gasteiger charge is 2.42. The second-order valence-electron chi connectivity index (χ2n) is 7.48. The van der Waals surface area contributed by atoms with Gasteiger partial charge in [0.1, 0.15) is 0 Å². The molecule has 3 aliphatic carbocycles. The van der Waals surface area contributed by atoms with Gasteiger partial charge in [-0.15, -0.1) is 0 Å². The molecule has 114 valence electrons. The topological polar surface area (TPSA) is 32.3 Å². The molecule has 3 nitrogen and oxygen atoms in total. The fraction of sp³-hybridized carbons (Fsp3) is 0.941. The summed E-state index contributed by atoms with van der Waals surface area (Å²) < 4.78 is 0. The van der Waals surface area contributed by atoms with Crippen LogP contribution < -0.4 is 5.32 Å². The molecule has 2 amide bonds. The van der Waals surface area contributed by atoms with Gasteiger partial charge in [-0.25, -0.2) is 4.79 Å². The number of fused-ring (bicyclic) bond motifs is 2. The highest BCUT2D eigenvalue weighted by atomic mass is 16.2. The molecule has 4 atom stereocenters. The molecule has 3 rings (SSSR count). The zero-order valence-corrected chi connectivity index (χ0v) is 13.1. The highest BCUT2D eigenvalue weighted by Crippen LogP contribution is 2.49. The first-order valence-electron chi connectivity index (χ1n) is 8.68. The standard InChI is InChI=1S/C17H30N2O/c1-12(16-11-13-8-9-14(16)10-13)18-17(20)19(2)15-6-4-3-5-7-15/h12-16H,3-11H2,1-2H3,(H,18,20). The first-order chi connectivity index (χ1) is 9.65. The van der Waals surface area contributed by atoms with Crippen molar-refractivity contribution in [3.05, 3.63) is 0 Å². The van der Waals surface area contributed by atoms with Crippen molar-refractivity contribution in [2.24, 2.45) is 17.8 Å². The number of carbonyl (C=O) groups excluding carboxylic acids is 1. The maximum absolute atomic E-state index is 12.4. The molecule has 0 aliphatic heterocycles. The summed E-state index contributed by atoms with van der Waals surface area (Å²) in [6, 6.07) is 0.979. The number of rotatable bonds is 3. The molecule has 0 spiro atoms. The third kappa shape index (κ3) is 2.82. The molecule has 4 unspecified atom stereocenters. The first kappa shape index (κ1) is 14.2. The van der Waals surface area contributed by atoms with Crippen LogP contribution in [0.25, 0.3) is 0 Å². The average Bonchev–Trinajstić information content (AvgIpc) is 3.10. The Kier molecular flexibility index (Phi) is 4.23. The van der Waals surface area contributed by atoms with Gasteiger partial charge >= 0.3 is 6.03 Å². The largest absolute Gasteiger partial charge is 0.335 e. The molecule has 1 N–H and O–H groups in total. The lowest BCUT2D eigenvalue weighted by atomic mass is 9.84. The summed E-state index contributed by atoms with van der Waals surface area (Å²) in [5, 5.41) is 3.29. The van der Waals surface area contributed by atoms with E-state index in [1.807, 2.05) is 11.9 Å². The first-order valence-corrected chi connectivity index (χ1v) is 8.68. The minimum absolute atomic E-state index is 0.159. The summed E-state index contributed by atoms with van der Waals surface area (Å²) in [7, 11) is 1.98. The van der Waals surface area contributed by atoms with E-state index in [1.165, 1.54) is 57.8 Å². The van der Waals surface area contributed by atoms with E-state index >= 15 is 0 Å².